The molecule has 0 aliphatic heterocycles. The van der Waals surface area contributed by atoms with E-state index in [-0.39, 0.29) is 5.56 Å². The lowest BCUT2D eigenvalue weighted by molar-refractivity contribution is 0.0697. The quantitative estimate of drug-likeness (QED) is 0.897. The lowest BCUT2D eigenvalue weighted by Crippen LogP contribution is -2.09. The van der Waals surface area contributed by atoms with E-state index >= 15 is 0 Å². The third-order valence-electron chi connectivity index (χ3n) is 2.16. The molecular formula is C11H9BrN4O2. The molecule has 92 valence electrons. The van der Waals surface area contributed by atoms with Gasteiger partial charge in [0.2, 0.25) is 0 Å². The van der Waals surface area contributed by atoms with E-state index in [2.05, 4.69) is 36.2 Å². The van der Waals surface area contributed by atoms with Gasteiger partial charge >= 0.3 is 5.97 Å². The number of nitrogens with one attached hydrogen (secondary N) is 1. The van der Waals surface area contributed by atoms with Crippen molar-refractivity contribution in [1.29, 1.82) is 0 Å². The van der Waals surface area contributed by atoms with E-state index in [4.69, 9.17) is 5.11 Å². The highest BCUT2D eigenvalue weighted by molar-refractivity contribution is 9.10. The van der Waals surface area contributed by atoms with Gasteiger partial charge in [-0.3, -0.25) is 0 Å². The number of halogens is 1. The van der Waals surface area contributed by atoms with Crippen LogP contribution in [0.2, 0.25) is 0 Å². The van der Waals surface area contributed by atoms with Crippen LogP contribution < -0.4 is 5.32 Å². The van der Waals surface area contributed by atoms with Crippen molar-refractivity contribution in [2.75, 3.05) is 5.32 Å². The number of anilines is 1. The first-order valence-electron chi connectivity index (χ1n) is 5.04. The Morgan fingerprint density at radius 1 is 1.44 bits per heavy atom. The smallest absolute Gasteiger partial charge is 0.339 e. The summed E-state index contributed by atoms with van der Waals surface area (Å²) >= 11 is 3.19. The predicted octanol–water partition coefficient (Wildman–Crippen LogP) is 1.94. The fourth-order valence-corrected chi connectivity index (χ4v) is 1.67. The fourth-order valence-electron chi connectivity index (χ4n) is 1.34. The minimum absolute atomic E-state index is 0.110. The Morgan fingerprint density at radius 2 is 2.28 bits per heavy atom. The fraction of sp³-hybridized carbons (Fsp3) is 0.0909. The number of rotatable bonds is 4. The number of pyridine rings is 1. The summed E-state index contributed by atoms with van der Waals surface area (Å²) in [4.78, 5) is 22.9. The van der Waals surface area contributed by atoms with Gasteiger partial charge < -0.3 is 10.4 Å². The van der Waals surface area contributed by atoms with Crippen LogP contribution in [-0.2, 0) is 6.54 Å². The van der Waals surface area contributed by atoms with Crippen LogP contribution in [0.5, 0.6) is 0 Å². The first kappa shape index (κ1) is 12.4. The van der Waals surface area contributed by atoms with Crippen LogP contribution in [0.1, 0.15) is 16.1 Å². The molecule has 2 aromatic heterocycles. The van der Waals surface area contributed by atoms with Crippen molar-refractivity contribution in [1.82, 2.24) is 15.0 Å². The van der Waals surface area contributed by atoms with Crippen molar-refractivity contribution in [3.05, 3.63) is 46.6 Å². The van der Waals surface area contributed by atoms with Crippen LogP contribution in [0.25, 0.3) is 0 Å². The van der Waals surface area contributed by atoms with E-state index in [1.165, 1.54) is 18.6 Å². The molecule has 0 saturated carbocycles. The summed E-state index contributed by atoms with van der Waals surface area (Å²) in [6.45, 7) is 0.386. The van der Waals surface area contributed by atoms with Crippen molar-refractivity contribution in [2.45, 2.75) is 6.54 Å². The molecular weight excluding hydrogens is 300 g/mol. The van der Waals surface area contributed by atoms with E-state index in [9.17, 15) is 4.79 Å². The SMILES string of the molecule is O=C(O)c1cc(Br)cnc1NCc1ccncn1. The number of carbonyl (C=O) groups is 1. The lowest BCUT2D eigenvalue weighted by atomic mass is 10.2. The highest BCUT2D eigenvalue weighted by Crippen LogP contribution is 2.18. The zero-order valence-electron chi connectivity index (χ0n) is 9.17. The van der Waals surface area contributed by atoms with Gasteiger partial charge in [0.25, 0.3) is 0 Å². The molecule has 0 aliphatic carbocycles. The topological polar surface area (TPSA) is 88.0 Å². The van der Waals surface area contributed by atoms with Crippen molar-refractivity contribution in [3.63, 3.8) is 0 Å². The second-order valence-electron chi connectivity index (χ2n) is 3.41. The molecule has 0 saturated heterocycles. The third kappa shape index (κ3) is 3.01. The average molecular weight is 309 g/mol. The van der Waals surface area contributed by atoms with Gasteiger partial charge in [0.15, 0.2) is 0 Å². The third-order valence-corrected chi connectivity index (χ3v) is 2.60. The highest BCUT2D eigenvalue weighted by atomic mass is 79.9. The van der Waals surface area contributed by atoms with Crippen LogP contribution in [0.15, 0.2) is 35.3 Å². The molecule has 2 aromatic rings. The van der Waals surface area contributed by atoms with Gasteiger partial charge in [0.1, 0.15) is 17.7 Å². The first-order chi connectivity index (χ1) is 8.66. The zero-order valence-corrected chi connectivity index (χ0v) is 10.8. The van der Waals surface area contributed by atoms with Crippen molar-refractivity contribution >= 4 is 27.7 Å². The summed E-state index contributed by atoms with van der Waals surface area (Å²) in [7, 11) is 0. The molecule has 18 heavy (non-hydrogen) atoms. The second-order valence-corrected chi connectivity index (χ2v) is 4.32. The largest absolute Gasteiger partial charge is 0.478 e. The van der Waals surface area contributed by atoms with Crippen molar-refractivity contribution < 1.29 is 9.90 Å². The van der Waals surface area contributed by atoms with Gasteiger partial charge in [-0.2, -0.15) is 0 Å². The Hall–Kier alpha value is -2.02. The number of nitrogens with zero attached hydrogens (tertiary/aromatic N) is 3. The summed E-state index contributed by atoms with van der Waals surface area (Å²) in [6, 6.07) is 3.24. The molecule has 0 atom stereocenters. The maximum Gasteiger partial charge on any atom is 0.339 e. The van der Waals surface area contributed by atoms with E-state index < -0.39 is 5.97 Å². The summed E-state index contributed by atoms with van der Waals surface area (Å²) in [6.07, 6.45) is 4.59. The molecule has 0 aromatic carbocycles. The van der Waals surface area contributed by atoms with E-state index in [0.29, 0.717) is 16.8 Å². The Balaban J connectivity index is 2.17. The highest BCUT2D eigenvalue weighted by Gasteiger charge is 2.11. The number of carboxylic acid groups (broad SMARTS) is 1. The molecule has 0 bridgehead atoms. The van der Waals surface area contributed by atoms with Gasteiger partial charge in [-0.15, -0.1) is 0 Å². The zero-order chi connectivity index (χ0) is 13.0. The maximum absolute atomic E-state index is 11.1. The normalized spacial score (nSPS) is 10.1. The molecule has 2 N–H and O–H groups in total. The van der Waals surface area contributed by atoms with Crippen molar-refractivity contribution in [3.8, 4) is 0 Å². The van der Waals surface area contributed by atoms with E-state index in [1.807, 2.05) is 0 Å². The Labute approximate surface area is 111 Å². The molecule has 6 nitrogen and oxygen atoms in total. The number of carboxylic acids is 1. The van der Waals surface area contributed by atoms with E-state index in [1.54, 1.807) is 12.3 Å². The summed E-state index contributed by atoms with van der Waals surface area (Å²) in [5, 5.41) is 12.0. The molecule has 7 heteroatoms. The monoisotopic (exact) mass is 308 g/mol. The van der Waals surface area contributed by atoms with Gasteiger partial charge in [-0.05, 0) is 28.1 Å². The maximum atomic E-state index is 11.1. The van der Waals surface area contributed by atoms with Crippen LogP contribution in [0.4, 0.5) is 5.82 Å². The summed E-state index contributed by atoms with van der Waals surface area (Å²) in [5.41, 5.74) is 0.865. The first-order valence-corrected chi connectivity index (χ1v) is 5.83. The molecule has 0 spiro atoms. The van der Waals surface area contributed by atoms with Crippen LogP contribution >= 0.6 is 15.9 Å². The molecule has 2 rings (SSSR count). The number of hydrogen-bond donors (Lipinski definition) is 2. The molecule has 2 heterocycles. The molecule has 0 radical (unpaired) electrons. The number of hydrogen-bond acceptors (Lipinski definition) is 5. The summed E-state index contributed by atoms with van der Waals surface area (Å²) < 4.78 is 0.618. The van der Waals surface area contributed by atoms with Gasteiger partial charge in [0, 0.05) is 16.9 Å². The molecule has 0 unspecified atom stereocenters. The summed E-state index contributed by atoms with van der Waals surface area (Å²) in [5.74, 6) is -0.724. The minimum Gasteiger partial charge on any atom is -0.478 e. The number of aromatic carboxylic acids is 1. The van der Waals surface area contributed by atoms with Gasteiger partial charge in [0.05, 0.1) is 12.2 Å². The molecule has 0 fully saturated rings. The Bertz CT molecular complexity index is 562. The standard InChI is InChI=1S/C11H9BrN4O2/c12-7-3-9(11(17)18)10(14-4-7)15-5-8-1-2-13-6-16-8/h1-4,6H,5H2,(H,14,15)(H,17,18). The molecule has 0 amide bonds. The van der Waals surface area contributed by atoms with Crippen molar-refractivity contribution in [2.24, 2.45) is 0 Å². The molecule has 0 aliphatic rings. The van der Waals surface area contributed by atoms with Gasteiger partial charge in [-0.1, -0.05) is 0 Å². The Morgan fingerprint density at radius 3 is 2.94 bits per heavy atom. The minimum atomic E-state index is -1.03. The average Bonchev–Trinajstić information content (AvgIpc) is 2.38. The van der Waals surface area contributed by atoms with Crippen LogP contribution in [0.3, 0.4) is 0 Å². The van der Waals surface area contributed by atoms with Crippen LogP contribution in [0, 0.1) is 0 Å². The Kier molecular flexibility index (Phi) is 3.83. The number of aromatic nitrogens is 3. The predicted molar refractivity (Wildman–Crippen MR) is 68.3 cm³/mol. The van der Waals surface area contributed by atoms with Gasteiger partial charge in [-0.25, -0.2) is 19.7 Å². The second kappa shape index (κ2) is 5.54. The lowest BCUT2D eigenvalue weighted by Gasteiger charge is -2.08. The van der Waals surface area contributed by atoms with Crippen LogP contribution in [-0.4, -0.2) is 26.0 Å². The van der Waals surface area contributed by atoms with E-state index in [0.717, 1.165) is 5.69 Å².